The van der Waals surface area contributed by atoms with Gasteiger partial charge in [-0.3, -0.25) is 4.68 Å². The minimum absolute atomic E-state index is 0.578. The van der Waals surface area contributed by atoms with Crippen molar-refractivity contribution in [1.82, 2.24) is 9.78 Å². The Morgan fingerprint density at radius 2 is 2.33 bits per heavy atom. The fourth-order valence-corrected chi connectivity index (χ4v) is 1.52. The van der Waals surface area contributed by atoms with E-state index in [0.29, 0.717) is 19.4 Å². The average molecular weight is 212 g/mol. The quantitative estimate of drug-likeness (QED) is 0.771. The predicted octanol–water partition coefficient (Wildman–Crippen LogP) is 1.23. The van der Waals surface area contributed by atoms with E-state index in [2.05, 4.69) is 5.10 Å². The highest BCUT2D eigenvalue weighted by Gasteiger charge is 2.21. The lowest BCUT2D eigenvalue weighted by molar-refractivity contribution is 0.0249. The third-order valence-electron chi connectivity index (χ3n) is 2.44. The molecule has 0 aliphatic rings. The van der Waals surface area contributed by atoms with Crippen LogP contribution in [0.5, 0.6) is 0 Å². The maximum absolute atomic E-state index is 10.1. The summed E-state index contributed by atoms with van der Waals surface area (Å²) in [6.07, 6.45) is 5.04. The third kappa shape index (κ3) is 4.01. The van der Waals surface area contributed by atoms with Crippen molar-refractivity contribution in [3.05, 3.63) is 18.0 Å². The lowest BCUT2D eigenvalue weighted by Crippen LogP contribution is -2.28. The SMILES string of the molecule is CCn1cc(CC(C)(O)CCOC)cn1. The van der Waals surface area contributed by atoms with Gasteiger partial charge in [-0.05, 0) is 25.8 Å². The minimum Gasteiger partial charge on any atom is -0.390 e. The molecular formula is C11H20N2O2. The van der Waals surface area contributed by atoms with Crippen LogP contribution in [0.15, 0.2) is 12.4 Å². The van der Waals surface area contributed by atoms with E-state index in [1.165, 1.54) is 0 Å². The van der Waals surface area contributed by atoms with Crippen molar-refractivity contribution in [2.75, 3.05) is 13.7 Å². The summed E-state index contributed by atoms with van der Waals surface area (Å²) in [4.78, 5) is 0. The molecule has 4 nitrogen and oxygen atoms in total. The molecule has 0 aliphatic heterocycles. The zero-order valence-electron chi connectivity index (χ0n) is 9.73. The molecule has 1 aromatic rings. The molecule has 1 aromatic heterocycles. The van der Waals surface area contributed by atoms with Gasteiger partial charge in [0.2, 0.25) is 0 Å². The Balaban J connectivity index is 2.52. The van der Waals surface area contributed by atoms with Crippen LogP contribution in [0.1, 0.15) is 25.8 Å². The molecule has 0 bridgehead atoms. The zero-order valence-corrected chi connectivity index (χ0v) is 9.73. The highest BCUT2D eigenvalue weighted by molar-refractivity contribution is 5.07. The molecule has 1 unspecified atom stereocenters. The van der Waals surface area contributed by atoms with Crippen LogP contribution in [-0.4, -0.2) is 34.2 Å². The second-order valence-corrected chi connectivity index (χ2v) is 4.12. The first kappa shape index (κ1) is 12.2. The second kappa shape index (κ2) is 5.28. The molecule has 0 saturated carbocycles. The van der Waals surface area contributed by atoms with Crippen molar-refractivity contribution >= 4 is 0 Å². The Morgan fingerprint density at radius 1 is 1.60 bits per heavy atom. The molecule has 0 saturated heterocycles. The van der Waals surface area contributed by atoms with Crippen molar-refractivity contribution in [3.63, 3.8) is 0 Å². The van der Waals surface area contributed by atoms with E-state index >= 15 is 0 Å². The Bertz CT molecular complexity index is 295. The number of hydrogen-bond donors (Lipinski definition) is 1. The molecule has 0 aromatic carbocycles. The van der Waals surface area contributed by atoms with Gasteiger partial charge in [0, 0.05) is 32.9 Å². The van der Waals surface area contributed by atoms with Gasteiger partial charge in [-0.25, -0.2) is 0 Å². The van der Waals surface area contributed by atoms with Crippen molar-refractivity contribution < 1.29 is 9.84 Å². The first-order chi connectivity index (χ1) is 7.07. The van der Waals surface area contributed by atoms with Crippen LogP contribution in [0.4, 0.5) is 0 Å². The van der Waals surface area contributed by atoms with Crippen molar-refractivity contribution in [2.45, 2.75) is 38.8 Å². The molecule has 1 N–H and O–H groups in total. The number of nitrogens with zero attached hydrogens (tertiary/aromatic N) is 2. The molecule has 0 fully saturated rings. The summed E-state index contributed by atoms with van der Waals surface area (Å²) in [5, 5.41) is 14.2. The van der Waals surface area contributed by atoms with Gasteiger partial charge in [0.05, 0.1) is 11.8 Å². The molecule has 4 heteroatoms. The van der Waals surface area contributed by atoms with Gasteiger partial charge in [-0.1, -0.05) is 0 Å². The van der Waals surface area contributed by atoms with Crippen LogP contribution in [-0.2, 0) is 17.7 Å². The second-order valence-electron chi connectivity index (χ2n) is 4.12. The van der Waals surface area contributed by atoms with Crippen LogP contribution in [0.3, 0.4) is 0 Å². The first-order valence-electron chi connectivity index (χ1n) is 5.30. The van der Waals surface area contributed by atoms with E-state index in [0.717, 1.165) is 12.1 Å². The van der Waals surface area contributed by atoms with Crippen LogP contribution in [0.2, 0.25) is 0 Å². The maximum atomic E-state index is 10.1. The fourth-order valence-electron chi connectivity index (χ4n) is 1.52. The number of aliphatic hydroxyl groups is 1. The highest BCUT2D eigenvalue weighted by Crippen LogP contribution is 2.16. The summed E-state index contributed by atoms with van der Waals surface area (Å²) in [7, 11) is 1.64. The van der Waals surface area contributed by atoms with Crippen molar-refractivity contribution in [3.8, 4) is 0 Å². The minimum atomic E-state index is -0.711. The first-order valence-corrected chi connectivity index (χ1v) is 5.30. The Kier molecular flexibility index (Phi) is 4.29. The molecule has 0 radical (unpaired) electrons. The van der Waals surface area contributed by atoms with Gasteiger partial charge >= 0.3 is 0 Å². The predicted molar refractivity (Wildman–Crippen MR) is 58.7 cm³/mol. The number of hydrogen-bond acceptors (Lipinski definition) is 3. The van der Waals surface area contributed by atoms with Crippen LogP contribution in [0.25, 0.3) is 0 Å². The van der Waals surface area contributed by atoms with Crippen molar-refractivity contribution in [2.24, 2.45) is 0 Å². The zero-order chi connectivity index (χ0) is 11.3. The topological polar surface area (TPSA) is 47.3 Å². The average Bonchev–Trinajstić information content (AvgIpc) is 2.62. The lowest BCUT2D eigenvalue weighted by Gasteiger charge is -2.21. The third-order valence-corrected chi connectivity index (χ3v) is 2.44. The number of ether oxygens (including phenoxy) is 1. The smallest absolute Gasteiger partial charge is 0.0683 e. The number of aryl methyl sites for hydroxylation is 1. The van der Waals surface area contributed by atoms with Crippen LogP contribution >= 0.6 is 0 Å². The standard InChI is InChI=1S/C11H20N2O2/c1-4-13-9-10(8-12-13)7-11(2,14)5-6-15-3/h8-9,14H,4-7H2,1-3H3. The molecule has 0 amide bonds. The Labute approximate surface area is 90.9 Å². The summed E-state index contributed by atoms with van der Waals surface area (Å²) >= 11 is 0. The van der Waals surface area contributed by atoms with E-state index in [-0.39, 0.29) is 0 Å². The fraction of sp³-hybridized carbons (Fsp3) is 0.727. The van der Waals surface area contributed by atoms with Gasteiger partial charge in [0.15, 0.2) is 0 Å². The maximum Gasteiger partial charge on any atom is 0.0683 e. The van der Waals surface area contributed by atoms with E-state index in [4.69, 9.17) is 4.74 Å². The van der Waals surface area contributed by atoms with E-state index in [1.54, 1.807) is 7.11 Å². The summed E-state index contributed by atoms with van der Waals surface area (Å²) in [5.74, 6) is 0. The molecule has 0 spiro atoms. The molecular weight excluding hydrogens is 192 g/mol. The van der Waals surface area contributed by atoms with Gasteiger partial charge < -0.3 is 9.84 Å². The largest absolute Gasteiger partial charge is 0.390 e. The Hall–Kier alpha value is -0.870. The number of rotatable bonds is 6. The molecule has 0 aliphatic carbocycles. The number of aromatic nitrogens is 2. The van der Waals surface area contributed by atoms with Crippen LogP contribution < -0.4 is 0 Å². The van der Waals surface area contributed by atoms with E-state index < -0.39 is 5.60 Å². The van der Waals surface area contributed by atoms with Gasteiger partial charge in [-0.2, -0.15) is 5.10 Å². The molecule has 1 rings (SSSR count). The normalized spacial score (nSPS) is 15.2. The van der Waals surface area contributed by atoms with Crippen molar-refractivity contribution in [1.29, 1.82) is 0 Å². The molecule has 15 heavy (non-hydrogen) atoms. The summed E-state index contributed by atoms with van der Waals surface area (Å²) < 4.78 is 6.82. The molecule has 86 valence electrons. The highest BCUT2D eigenvalue weighted by atomic mass is 16.5. The van der Waals surface area contributed by atoms with Gasteiger partial charge in [-0.15, -0.1) is 0 Å². The van der Waals surface area contributed by atoms with E-state index in [1.807, 2.05) is 30.9 Å². The number of methoxy groups -OCH3 is 1. The summed E-state index contributed by atoms with van der Waals surface area (Å²) in [6.45, 7) is 5.31. The lowest BCUT2D eigenvalue weighted by atomic mass is 9.95. The molecule has 1 heterocycles. The molecule has 1 atom stereocenters. The van der Waals surface area contributed by atoms with Crippen LogP contribution in [0, 0.1) is 0 Å². The summed E-state index contributed by atoms with van der Waals surface area (Å²) in [5.41, 5.74) is 0.357. The monoisotopic (exact) mass is 212 g/mol. The van der Waals surface area contributed by atoms with Gasteiger partial charge in [0.25, 0.3) is 0 Å². The van der Waals surface area contributed by atoms with E-state index in [9.17, 15) is 5.11 Å². The van der Waals surface area contributed by atoms with Gasteiger partial charge in [0.1, 0.15) is 0 Å². The Morgan fingerprint density at radius 3 is 2.87 bits per heavy atom. The summed E-state index contributed by atoms with van der Waals surface area (Å²) in [6, 6.07) is 0.